The lowest BCUT2D eigenvalue weighted by molar-refractivity contribution is 0.773. The van der Waals surface area contributed by atoms with E-state index in [4.69, 9.17) is 11.6 Å². The first-order chi connectivity index (χ1) is 8.78. The number of thiazole rings is 1. The van der Waals surface area contributed by atoms with Crippen LogP contribution in [0.3, 0.4) is 0 Å². The van der Waals surface area contributed by atoms with Crippen LogP contribution in [0.2, 0.25) is 0 Å². The van der Waals surface area contributed by atoms with Gasteiger partial charge in [0, 0.05) is 15.1 Å². The van der Waals surface area contributed by atoms with Gasteiger partial charge < -0.3 is 4.57 Å². The lowest BCUT2D eigenvalue weighted by Gasteiger charge is -2.05. The summed E-state index contributed by atoms with van der Waals surface area (Å²) in [5.41, 5.74) is 2.11. The number of rotatable bonds is 3. The highest BCUT2D eigenvalue weighted by atomic mass is 127. The largest absolute Gasteiger partial charge is 0.320 e. The topological polar surface area (TPSA) is 30.7 Å². The molecule has 0 atom stereocenters. The van der Waals surface area contributed by atoms with Gasteiger partial charge >= 0.3 is 0 Å². The van der Waals surface area contributed by atoms with Crippen molar-refractivity contribution in [1.29, 1.82) is 0 Å². The second kappa shape index (κ2) is 5.14. The molecule has 3 nitrogen and oxygen atoms in total. The van der Waals surface area contributed by atoms with E-state index in [-0.39, 0.29) is 0 Å². The molecule has 0 aliphatic heterocycles. The molecule has 0 unspecified atom stereocenters. The minimum Gasteiger partial charge on any atom is -0.320 e. The average molecular weight is 390 g/mol. The number of benzene rings is 1. The van der Waals surface area contributed by atoms with Gasteiger partial charge in [0.2, 0.25) is 0 Å². The summed E-state index contributed by atoms with van der Waals surface area (Å²) in [6.07, 6.45) is 1.82. The van der Waals surface area contributed by atoms with E-state index >= 15 is 0 Å². The second-order valence-corrected chi connectivity index (χ2v) is 6.30. The fraction of sp³-hybridized carbons (Fsp3) is 0.167. The molecule has 3 rings (SSSR count). The molecule has 0 amide bonds. The zero-order valence-electron chi connectivity index (χ0n) is 9.31. The van der Waals surface area contributed by atoms with Crippen LogP contribution in [-0.4, -0.2) is 14.5 Å². The first-order valence-corrected chi connectivity index (χ1v) is 7.86. The zero-order valence-corrected chi connectivity index (χ0v) is 13.0. The van der Waals surface area contributed by atoms with Crippen molar-refractivity contribution in [3.63, 3.8) is 0 Å². The summed E-state index contributed by atoms with van der Waals surface area (Å²) in [5, 5.41) is 3.05. The molecule has 2 aromatic heterocycles. The summed E-state index contributed by atoms with van der Waals surface area (Å²) in [4.78, 5) is 8.89. The Balaban J connectivity index is 2.13. The highest BCUT2D eigenvalue weighted by molar-refractivity contribution is 14.1. The maximum Gasteiger partial charge on any atom is 0.125 e. The van der Waals surface area contributed by atoms with Gasteiger partial charge in [-0.2, -0.15) is 0 Å². The maximum absolute atomic E-state index is 5.98. The molecule has 18 heavy (non-hydrogen) atoms. The number of imidazole rings is 1. The standard InChI is InChI=1S/C12H9ClIN3S/c13-6-11-16-9-5-8(14)1-2-10(9)17(11)7-12-15-3-4-18-12/h1-5H,6-7H2. The average Bonchev–Trinajstić information content (AvgIpc) is 2.97. The van der Waals surface area contributed by atoms with Gasteiger partial charge in [0.05, 0.1) is 23.5 Å². The van der Waals surface area contributed by atoms with Gasteiger partial charge in [0.1, 0.15) is 10.8 Å². The Labute approximate surface area is 127 Å². The van der Waals surface area contributed by atoms with E-state index in [9.17, 15) is 0 Å². The Kier molecular flexibility index (Phi) is 3.54. The van der Waals surface area contributed by atoms with E-state index in [0.717, 1.165) is 28.4 Å². The molecule has 3 aromatic rings. The van der Waals surface area contributed by atoms with E-state index in [2.05, 4.69) is 55.3 Å². The van der Waals surface area contributed by atoms with Gasteiger partial charge in [0.25, 0.3) is 0 Å². The van der Waals surface area contributed by atoms with Crippen LogP contribution in [-0.2, 0) is 12.4 Å². The Morgan fingerprint density at radius 2 is 2.28 bits per heavy atom. The third kappa shape index (κ3) is 2.26. The van der Waals surface area contributed by atoms with Crippen molar-refractivity contribution < 1.29 is 0 Å². The number of fused-ring (bicyclic) bond motifs is 1. The number of hydrogen-bond donors (Lipinski definition) is 0. The molecule has 0 spiro atoms. The molecule has 6 heteroatoms. The Hall–Kier alpha value is -0.660. The van der Waals surface area contributed by atoms with Crippen LogP contribution in [0.5, 0.6) is 0 Å². The van der Waals surface area contributed by atoms with E-state index < -0.39 is 0 Å². The molecule has 0 bridgehead atoms. The first kappa shape index (κ1) is 12.4. The summed E-state index contributed by atoms with van der Waals surface area (Å²) in [5.74, 6) is 1.31. The SMILES string of the molecule is ClCc1nc2cc(I)ccc2n1Cc1nccs1. The molecule has 2 heterocycles. The number of halogens is 2. The van der Waals surface area contributed by atoms with Crippen LogP contribution < -0.4 is 0 Å². The number of hydrogen-bond acceptors (Lipinski definition) is 3. The number of alkyl halides is 1. The van der Waals surface area contributed by atoms with E-state index in [1.165, 1.54) is 3.57 Å². The van der Waals surface area contributed by atoms with Crippen molar-refractivity contribution in [3.05, 3.63) is 44.2 Å². The quantitative estimate of drug-likeness (QED) is 0.503. The molecule has 0 radical (unpaired) electrons. The zero-order chi connectivity index (χ0) is 12.5. The van der Waals surface area contributed by atoms with E-state index in [1.54, 1.807) is 11.3 Å². The lowest BCUT2D eigenvalue weighted by atomic mass is 10.3. The third-order valence-electron chi connectivity index (χ3n) is 2.69. The Morgan fingerprint density at radius 3 is 3.00 bits per heavy atom. The normalized spacial score (nSPS) is 11.2. The molecule has 0 saturated heterocycles. The van der Waals surface area contributed by atoms with Crippen molar-refractivity contribution >= 4 is 56.6 Å². The van der Waals surface area contributed by atoms with E-state index in [0.29, 0.717) is 5.88 Å². The van der Waals surface area contributed by atoms with Crippen molar-refractivity contribution in [2.24, 2.45) is 0 Å². The molecule has 0 aliphatic rings. The summed E-state index contributed by atoms with van der Waals surface area (Å²) >= 11 is 9.92. The Bertz CT molecular complexity index is 678. The molecule has 92 valence electrons. The van der Waals surface area contributed by atoms with Crippen LogP contribution in [0, 0.1) is 3.57 Å². The monoisotopic (exact) mass is 389 g/mol. The fourth-order valence-electron chi connectivity index (χ4n) is 1.90. The molecular weight excluding hydrogens is 381 g/mol. The van der Waals surface area contributed by atoms with Gasteiger partial charge in [-0.1, -0.05) is 0 Å². The minimum absolute atomic E-state index is 0.413. The van der Waals surface area contributed by atoms with Crippen molar-refractivity contribution in [3.8, 4) is 0 Å². The second-order valence-electron chi connectivity index (χ2n) is 3.81. The maximum atomic E-state index is 5.98. The van der Waals surface area contributed by atoms with Crippen LogP contribution >= 0.6 is 45.5 Å². The minimum atomic E-state index is 0.413. The molecule has 0 saturated carbocycles. The highest BCUT2D eigenvalue weighted by Crippen LogP contribution is 2.21. The smallest absolute Gasteiger partial charge is 0.125 e. The number of nitrogens with zero attached hydrogens (tertiary/aromatic N) is 3. The predicted octanol–water partition coefficient (Wildman–Crippen LogP) is 3.88. The summed E-state index contributed by atoms with van der Waals surface area (Å²) in [7, 11) is 0. The van der Waals surface area contributed by atoms with Crippen LogP contribution in [0.4, 0.5) is 0 Å². The van der Waals surface area contributed by atoms with Crippen LogP contribution in [0.1, 0.15) is 10.8 Å². The predicted molar refractivity (Wildman–Crippen MR) is 83.2 cm³/mol. The van der Waals surface area contributed by atoms with Gasteiger partial charge in [0.15, 0.2) is 0 Å². The Morgan fingerprint density at radius 1 is 1.39 bits per heavy atom. The first-order valence-electron chi connectivity index (χ1n) is 5.37. The van der Waals surface area contributed by atoms with Gasteiger partial charge in [-0.05, 0) is 40.8 Å². The molecule has 1 aromatic carbocycles. The van der Waals surface area contributed by atoms with Crippen molar-refractivity contribution in [1.82, 2.24) is 14.5 Å². The van der Waals surface area contributed by atoms with Crippen LogP contribution in [0.25, 0.3) is 11.0 Å². The molecule has 0 N–H and O–H groups in total. The summed E-state index contributed by atoms with van der Waals surface area (Å²) in [6.45, 7) is 0.733. The number of aromatic nitrogens is 3. The molecular formula is C12H9ClIN3S. The fourth-order valence-corrected chi connectivity index (χ4v) is 3.18. The van der Waals surface area contributed by atoms with Gasteiger partial charge in [-0.15, -0.1) is 22.9 Å². The van der Waals surface area contributed by atoms with Gasteiger partial charge in [-0.3, -0.25) is 0 Å². The van der Waals surface area contributed by atoms with Gasteiger partial charge in [-0.25, -0.2) is 9.97 Å². The highest BCUT2D eigenvalue weighted by Gasteiger charge is 2.11. The lowest BCUT2D eigenvalue weighted by Crippen LogP contribution is -2.03. The third-order valence-corrected chi connectivity index (χ3v) is 4.36. The van der Waals surface area contributed by atoms with Crippen molar-refractivity contribution in [2.45, 2.75) is 12.4 Å². The molecule has 0 aliphatic carbocycles. The molecule has 0 fully saturated rings. The summed E-state index contributed by atoms with van der Waals surface area (Å²) in [6, 6.07) is 6.25. The van der Waals surface area contributed by atoms with Crippen molar-refractivity contribution in [2.75, 3.05) is 0 Å². The van der Waals surface area contributed by atoms with E-state index in [1.807, 2.05) is 11.6 Å². The van der Waals surface area contributed by atoms with Crippen LogP contribution in [0.15, 0.2) is 29.8 Å². The summed E-state index contributed by atoms with van der Waals surface area (Å²) < 4.78 is 3.32.